The van der Waals surface area contributed by atoms with Crippen LogP contribution in [0.25, 0.3) is 0 Å². The molecule has 8 heteroatoms. The lowest BCUT2D eigenvalue weighted by Crippen LogP contribution is -2.43. The third-order valence-electron chi connectivity index (χ3n) is 3.25. The molecule has 1 atom stereocenters. The summed E-state index contributed by atoms with van der Waals surface area (Å²) in [5.41, 5.74) is 3.74. The van der Waals surface area contributed by atoms with Crippen LogP contribution in [0.15, 0.2) is 40.5 Å². The Balaban J connectivity index is 2.43. The van der Waals surface area contributed by atoms with Crippen LogP contribution >= 0.6 is 0 Å². The summed E-state index contributed by atoms with van der Waals surface area (Å²) in [5, 5.41) is 12.6. The minimum Gasteiger partial charge on any atom is -0.497 e. The SMILES string of the molecule is COc1ccc(C2N=C(N[N+](=O)[O-])NC(C)=C2C(C)=O)cc1. The predicted octanol–water partition coefficient (Wildman–Crippen LogP) is 1.34. The Labute approximate surface area is 127 Å². The van der Waals surface area contributed by atoms with Crippen LogP contribution in [-0.2, 0) is 4.79 Å². The second-order valence-electron chi connectivity index (χ2n) is 4.74. The van der Waals surface area contributed by atoms with Crippen LogP contribution in [-0.4, -0.2) is 23.9 Å². The van der Waals surface area contributed by atoms with Crippen molar-refractivity contribution in [3.05, 3.63) is 51.2 Å². The van der Waals surface area contributed by atoms with E-state index in [1.165, 1.54) is 6.92 Å². The Kier molecular flexibility index (Phi) is 4.40. The first-order chi connectivity index (χ1) is 10.4. The van der Waals surface area contributed by atoms with Gasteiger partial charge in [-0.05, 0) is 31.5 Å². The number of aliphatic imine (C=N–C) groups is 1. The summed E-state index contributed by atoms with van der Waals surface area (Å²) in [4.78, 5) is 26.7. The van der Waals surface area contributed by atoms with Crippen molar-refractivity contribution in [1.82, 2.24) is 10.7 Å². The third kappa shape index (κ3) is 3.22. The van der Waals surface area contributed by atoms with Crippen molar-refractivity contribution in [2.24, 2.45) is 4.99 Å². The van der Waals surface area contributed by atoms with Crippen LogP contribution in [0.1, 0.15) is 25.5 Å². The predicted molar refractivity (Wildman–Crippen MR) is 79.8 cm³/mol. The molecule has 1 aromatic carbocycles. The molecule has 0 bridgehead atoms. The van der Waals surface area contributed by atoms with Crippen LogP contribution in [0.2, 0.25) is 0 Å². The summed E-state index contributed by atoms with van der Waals surface area (Å²) in [6.07, 6.45) is 0. The molecule has 0 amide bonds. The highest BCUT2D eigenvalue weighted by atomic mass is 16.7. The van der Waals surface area contributed by atoms with E-state index >= 15 is 0 Å². The monoisotopic (exact) mass is 304 g/mol. The highest BCUT2D eigenvalue weighted by molar-refractivity contribution is 5.98. The van der Waals surface area contributed by atoms with Crippen LogP contribution in [0.4, 0.5) is 0 Å². The number of rotatable bonds is 4. The minimum absolute atomic E-state index is 0.00619. The first-order valence-corrected chi connectivity index (χ1v) is 6.54. The number of Topliss-reactive ketones (excluding diaryl/α,β-unsaturated/α-hetero) is 1. The van der Waals surface area contributed by atoms with E-state index in [4.69, 9.17) is 4.74 Å². The highest BCUT2D eigenvalue weighted by Gasteiger charge is 2.28. The van der Waals surface area contributed by atoms with Gasteiger partial charge >= 0.3 is 0 Å². The first kappa shape index (κ1) is 15.5. The molecule has 1 heterocycles. The Bertz CT molecular complexity index is 664. The van der Waals surface area contributed by atoms with Crippen molar-refractivity contribution in [1.29, 1.82) is 0 Å². The zero-order chi connectivity index (χ0) is 16.3. The number of nitrogens with one attached hydrogen (secondary N) is 2. The van der Waals surface area contributed by atoms with Gasteiger partial charge in [-0.3, -0.25) is 4.79 Å². The summed E-state index contributed by atoms with van der Waals surface area (Å²) in [6, 6.07) is 6.45. The number of nitrogens with zero attached hydrogens (tertiary/aromatic N) is 2. The lowest BCUT2D eigenvalue weighted by molar-refractivity contribution is -0.525. The van der Waals surface area contributed by atoms with E-state index < -0.39 is 11.1 Å². The first-order valence-electron chi connectivity index (χ1n) is 6.54. The Morgan fingerprint density at radius 1 is 1.41 bits per heavy atom. The average Bonchev–Trinajstić information content (AvgIpc) is 2.45. The number of hydrogen-bond acceptors (Lipinski definition) is 6. The van der Waals surface area contributed by atoms with Gasteiger partial charge in [-0.1, -0.05) is 17.6 Å². The molecule has 0 aromatic heterocycles. The molecule has 0 saturated heterocycles. The Morgan fingerprint density at radius 2 is 2.05 bits per heavy atom. The third-order valence-corrected chi connectivity index (χ3v) is 3.25. The molecule has 1 aliphatic rings. The molecule has 0 radical (unpaired) electrons. The summed E-state index contributed by atoms with van der Waals surface area (Å²) >= 11 is 0. The molecule has 116 valence electrons. The van der Waals surface area contributed by atoms with Crippen molar-refractivity contribution in [3.8, 4) is 5.75 Å². The number of methoxy groups -OCH3 is 1. The van der Waals surface area contributed by atoms with E-state index in [1.807, 2.05) is 5.43 Å². The Morgan fingerprint density at radius 3 is 2.55 bits per heavy atom. The van der Waals surface area contributed by atoms with Crippen molar-refractivity contribution in [3.63, 3.8) is 0 Å². The number of ketones is 1. The van der Waals surface area contributed by atoms with Gasteiger partial charge in [-0.15, -0.1) is 0 Å². The molecule has 2 rings (SSSR count). The molecular weight excluding hydrogens is 288 g/mol. The molecule has 1 unspecified atom stereocenters. The fourth-order valence-corrected chi connectivity index (χ4v) is 2.30. The van der Waals surface area contributed by atoms with Crippen LogP contribution in [0, 0.1) is 10.1 Å². The van der Waals surface area contributed by atoms with Gasteiger partial charge in [0.15, 0.2) is 10.8 Å². The van der Waals surface area contributed by atoms with Gasteiger partial charge in [0.25, 0.3) is 5.96 Å². The number of nitro groups is 1. The molecular formula is C14H16N4O4. The number of carbonyl (C=O) groups is 1. The summed E-state index contributed by atoms with van der Waals surface area (Å²) in [7, 11) is 1.56. The lowest BCUT2D eigenvalue weighted by atomic mass is 9.94. The number of guanidine groups is 1. The number of allylic oxidation sites excluding steroid dienone is 1. The van der Waals surface area contributed by atoms with Gasteiger partial charge in [0.05, 0.1) is 7.11 Å². The molecule has 2 N–H and O–H groups in total. The molecule has 0 aliphatic carbocycles. The largest absolute Gasteiger partial charge is 0.497 e. The second-order valence-corrected chi connectivity index (χ2v) is 4.74. The van der Waals surface area contributed by atoms with Crippen LogP contribution < -0.4 is 15.5 Å². The number of benzene rings is 1. The maximum atomic E-state index is 11.9. The topological polar surface area (TPSA) is 106 Å². The lowest BCUT2D eigenvalue weighted by Gasteiger charge is -2.24. The van der Waals surface area contributed by atoms with E-state index in [-0.39, 0.29) is 11.7 Å². The van der Waals surface area contributed by atoms with E-state index in [1.54, 1.807) is 38.3 Å². The number of carbonyl (C=O) groups excluding carboxylic acids is 1. The molecule has 1 aliphatic heterocycles. The van der Waals surface area contributed by atoms with Crippen LogP contribution in [0.3, 0.4) is 0 Å². The van der Waals surface area contributed by atoms with E-state index in [0.29, 0.717) is 17.0 Å². The number of ether oxygens (including phenoxy) is 1. The van der Waals surface area contributed by atoms with E-state index in [9.17, 15) is 14.9 Å². The average molecular weight is 304 g/mol. The van der Waals surface area contributed by atoms with Gasteiger partial charge in [0.2, 0.25) is 0 Å². The van der Waals surface area contributed by atoms with Crippen molar-refractivity contribution in [2.45, 2.75) is 19.9 Å². The standard InChI is InChI=1S/C14H16N4O4/c1-8-12(9(2)19)13(16-14(15-8)17-18(20)21)10-4-6-11(22-3)7-5-10/h4-7,13H,1-3H3,(H2,15,16,17). The van der Waals surface area contributed by atoms with E-state index in [2.05, 4.69) is 10.3 Å². The zero-order valence-corrected chi connectivity index (χ0v) is 12.4. The van der Waals surface area contributed by atoms with E-state index in [0.717, 1.165) is 5.56 Å². The van der Waals surface area contributed by atoms with Gasteiger partial charge in [0.1, 0.15) is 11.8 Å². The fourth-order valence-electron chi connectivity index (χ4n) is 2.30. The van der Waals surface area contributed by atoms with Gasteiger partial charge in [-0.2, -0.15) is 0 Å². The molecule has 22 heavy (non-hydrogen) atoms. The summed E-state index contributed by atoms with van der Waals surface area (Å²) in [5.74, 6) is 0.526. The molecule has 0 spiro atoms. The zero-order valence-electron chi connectivity index (χ0n) is 12.4. The van der Waals surface area contributed by atoms with Crippen molar-refractivity contribution < 1.29 is 14.6 Å². The van der Waals surface area contributed by atoms with Crippen molar-refractivity contribution >= 4 is 11.7 Å². The van der Waals surface area contributed by atoms with Gasteiger partial charge in [0, 0.05) is 11.3 Å². The summed E-state index contributed by atoms with van der Waals surface area (Å²) < 4.78 is 5.10. The molecule has 1 aromatic rings. The summed E-state index contributed by atoms with van der Waals surface area (Å²) in [6.45, 7) is 3.13. The molecule has 0 saturated carbocycles. The number of hydrazine groups is 1. The van der Waals surface area contributed by atoms with Gasteiger partial charge in [-0.25, -0.2) is 15.1 Å². The fraction of sp³-hybridized carbons (Fsp3) is 0.286. The smallest absolute Gasteiger partial charge is 0.259 e. The second kappa shape index (κ2) is 6.25. The van der Waals surface area contributed by atoms with Gasteiger partial charge < -0.3 is 10.1 Å². The Hall–Kier alpha value is -2.90. The molecule has 0 fully saturated rings. The normalized spacial score (nSPS) is 17.4. The quantitative estimate of drug-likeness (QED) is 0.642. The van der Waals surface area contributed by atoms with Crippen LogP contribution in [0.5, 0.6) is 5.75 Å². The highest BCUT2D eigenvalue weighted by Crippen LogP contribution is 2.31. The van der Waals surface area contributed by atoms with Crippen molar-refractivity contribution in [2.75, 3.05) is 7.11 Å². The maximum Gasteiger partial charge on any atom is 0.259 e. The number of hydrogen-bond donors (Lipinski definition) is 2. The maximum absolute atomic E-state index is 11.9. The minimum atomic E-state index is -0.705. The molecule has 8 nitrogen and oxygen atoms in total.